The highest BCUT2D eigenvalue weighted by Crippen LogP contribution is 2.36. The summed E-state index contributed by atoms with van der Waals surface area (Å²) in [5.41, 5.74) is 0.101. The maximum absolute atomic E-state index is 12.7. The van der Waals surface area contributed by atoms with Crippen LogP contribution in [0.4, 0.5) is 4.79 Å². The third-order valence-corrected chi connectivity index (χ3v) is 6.25. The Labute approximate surface area is 155 Å². The number of alkyl carbamates (subject to hydrolysis) is 1. The van der Waals surface area contributed by atoms with Crippen LogP contribution in [0, 0.1) is 5.92 Å². The van der Waals surface area contributed by atoms with Gasteiger partial charge in [0.15, 0.2) is 0 Å². The van der Waals surface area contributed by atoms with Gasteiger partial charge in [0.1, 0.15) is 6.04 Å². The van der Waals surface area contributed by atoms with Crippen LogP contribution in [0.5, 0.6) is 0 Å². The number of carbonyl (C=O) groups is 2. The van der Waals surface area contributed by atoms with Crippen molar-refractivity contribution >= 4 is 23.8 Å². The van der Waals surface area contributed by atoms with E-state index in [0.717, 1.165) is 25.9 Å². The summed E-state index contributed by atoms with van der Waals surface area (Å²) in [6.45, 7) is 6.98. The Morgan fingerprint density at radius 3 is 2.40 bits per heavy atom. The molecule has 7 heteroatoms. The molecular formula is C18H33N3O3S. The quantitative estimate of drug-likeness (QED) is 0.718. The lowest BCUT2D eigenvalue weighted by Gasteiger charge is -2.43. The number of thioether (sulfide) groups is 1. The number of amides is 2. The zero-order chi connectivity index (χ0) is 18.3. The SMILES string of the molecule is COC(=O)NC(CC(C)C)C(=O)NCC1(N2CCSCC2)CCCC1. The number of nitrogens with one attached hydrogen (secondary N) is 2. The van der Waals surface area contributed by atoms with Crippen molar-refractivity contribution in [2.75, 3.05) is 38.2 Å². The summed E-state index contributed by atoms with van der Waals surface area (Å²) in [5.74, 6) is 2.56. The molecule has 2 fully saturated rings. The number of ether oxygens (including phenoxy) is 1. The van der Waals surface area contributed by atoms with E-state index >= 15 is 0 Å². The summed E-state index contributed by atoms with van der Waals surface area (Å²) in [6.07, 6.45) is 4.82. The van der Waals surface area contributed by atoms with Crippen molar-refractivity contribution in [3.05, 3.63) is 0 Å². The Balaban J connectivity index is 1.96. The molecule has 0 radical (unpaired) electrons. The Morgan fingerprint density at radius 2 is 1.84 bits per heavy atom. The molecule has 0 bridgehead atoms. The van der Waals surface area contributed by atoms with Gasteiger partial charge in [0.2, 0.25) is 5.91 Å². The average Bonchev–Trinajstić information content (AvgIpc) is 3.09. The molecule has 1 saturated heterocycles. The van der Waals surface area contributed by atoms with Gasteiger partial charge in [-0.2, -0.15) is 11.8 Å². The van der Waals surface area contributed by atoms with Crippen LogP contribution in [0.3, 0.4) is 0 Å². The van der Waals surface area contributed by atoms with Gasteiger partial charge in [0, 0.05) is 36.7 Å². The Kier molecular flexibility index (Phi) is 7.87. The van der Waals surface area contributed by atoms with Gasteiger partial charge >= 0.3 is 6.09 Å². The lowest BCUT2D eigenvalue weighted by molar-refractivity contribution is -0.124. The van der Waals surface area contributed by atoms with E-state index in [1.54, 1.807) is 0 Å². The number of hydrogen-bond acceptors (Lipinski definition) is 5. The van der Waals surface area contributed by atoms with E-state index in [4.69, 9.17) is 0 Å². The maximum Gasteiger partial charge on any atom is 0.407 e. The van der Waals surface area contributed by atoms with E-state index < -0.39 is 12.1 Å². The van der Waals surface area contributed by atoms with Crippen LogP contribution in [0.15, 0.2) is 0 Å². The van der Waals surface area contributed by atoms with E-state index in [-0.39, 0.29) is 11.4 Å². The molecule has 1 saturated carbocycles. The molecule has 25 heavy (non-hydrogen) atoms. The fourth-order valence-electron chi connectivity index (χ4n) is 3.95. The third kappa shape index (κ3) is 5.78. The number of rotatable bonds is 7. The zero-order valence-electron chi connectivity index (χ0n) is 15.8. The minimum absolute atomic E-state index is 0.100. The molecule has 2 aliphatic rings. The minimum atomic E-state index is -0.551. The van der Waals surface area contributed by atoms with Crippen molar-refractivity contribution in [2.24, 2.45) is 5.92 Å². The van der Waals surface area contributed by atoms with Gasteiger partial charge in [-0.25, -0.2) is 4.79 Å². The van der Waals surface area contributed by atoms with Crippen molar-refractivity contribution in [3.8, 4) is 0 Å². The predicted molar refractivity (Wildman–Crippen MR) is 102 cm³/mol. The number of methoxy groups -OCH3 is 1. The van der Waals surface area contributed by atoms with Crippen LogP contribution in [0.25, 0.3) is 0 Å². The predicted octanol–water partition coefficient (Wildman–Crippen LogP) is 2.23. The standard InChI is InChI=1S/C18H33N3O3S/c1-14(2)12-15(20-17(23)24-3)16(22)19-13-18(6-4-5-7-18)21-8-10-25-11-9-21/h14-15H,4-13H2,1-3H3,(H,19,22)(H,20,23). The molecule has 144 valence electrons. The van der Waals surface area contributed by atoms with Crippen molar-refractivity contribution in [1.29, 1.82) is 0 Å². The summed E-state index contributed by atoms with van der Waals surface area (Å²) in [5, 5.41) is 5.82. The van der Waals surface area contributed by atoms with Crippen LogP contribution < -0.4 is 10.6 Å². The monoisotopic (exact) mass is 371 g/mol. The number of carbonyl (C=O) groups excluding carboxylic acids is 2. The molecule has 1 aliphatic heterocycles. The lowest BCUT2D eigenvalue weighted by atomic mass is 9.94. The molecule has 1 unspecified atom stereocenters. The summed E-state index contributed by atoms with van der Waals surface area (Å²) >= 11 is 2.01. The molecule has 1 aliphatic carbocycles. The first-order valence-electron chi connectivity index (χ1n) is 9.42. The normalized spacial score (nSPS) is 21.8. The Bertz CT molecular complexity index is 447. The highest BCUT2D eigenvalue weighted by Gasteiger charge is 2.40. The fraction of sp³-hybridized carbons (Fsp3) is 0.889. The molecule has 0 spiro atoms. The second kappa shape index (κ2) is 9.67. The van der Waals surface area contributed by atoms with E-state index in [0.29, 0.717) is 18.9 Å². The van der Waals surface area contributed by atoms with Crippen LogP contribution in [-0.4, -0.2) is 66.7 Å². The van der Waals surface area contributed by atoms with Gasteiger partial charge in [0.05, 0.1) is 7.11 Å². The molecular weight excluding hydrogens is 338 g/mol. The molecule has 0 aromatic heterocycles. The minimum Gasteiger partial charge on any atom is -0.453 e. The third-order valence-electron chi connectivity index (χ3n) is 5.31. The molecule has 1 heterocycles. The van der Waals surface area contributed by atoms with E-state index in [2.05, 4.69) is 20.3 Å². The first kappa shape index (κ1) is 20.4. The van der Waals surface area contributed by atoms with Crippen LogP contribution >= 0.6 is 11.8 Å². The summed E-state index contributed by atoms with van der Waals surface area (Å²) < 4.78 is 4.66. The average molecular weight is 372 g/mol. The van der Waals surface area contributed by atoms with E-state index in [1.807, 2.05) is 25.6 Å². The summed E-state index contributed by atoms with van der Waals surface area (Å²) in [7, 11) is 1.32. The van der Waals surface area contributed by atoms with Crippen molar-refractivity contribution in [2.45, 2.75) is 57.5 Å². The van der Waals surface area contributed by atoms with Gasteiger partial charge in [-0.15, -0.1) is 0 Å². The van der Waals surface area contributed by atoms with Crippen LogP contribution in [0.2, 0.25) is 0 Å². The highest BCUT2D eigenvalue weighted by atomic mass is 32.2. The van der Waals surface area contributed by atoms with Crippen molar-refractivity contribution in [1.82, 2.24) is 15.5 Å². The molecule has 1 atom stereocenters. The Hall–Kier alpha value is -0.950. The first-order valence-corrected chi connectivity index (χ1v) is 10.6. The molecule has 6 nitrogen and oxygen atoms in total. The number of nitrogens with zero attached hydrogens (tertiary/aromatic N) is 1. The zero-order valence-corrected chi connectivity index (χ0v) is 16.6. The topological polar surface area (TPSA) is 70.7 Å². The highest BCUT2D eigenvalue weighted by molar-refractivity contribution is 7.99. The van der Waals surface area contributed by atoms with Crippen LogP contribution in [0.1, 0.15) is 46.0 Å². The van der Waals surface area contributed by atoms with Gasteiger partial charge in [0.25, 0.3) is 0 Å². The second-order valence-corrected chi connectivity index (χ2v) is 8.79. The molecule has 2 rings (SSSR count). The van der Waals surface area contributed by atoms with E-state index in [9.17, 15) is 9.59 Å². The fourth-order valence-corrected chi connectivity index (χ4v) is 4.86. The van der Waals surface area contributed by atoms with Gasteiger partial charge in [-0.05, 0) is 25.2 Å². The lowest BCUT2D eigenvalue weighted by Crippen LogP contribution is -2.58. The Morgan fingerprint density at radius 1 is 1.20 bits per heavy atom. The van der Waals surface area contributed by atoms with Gasteiger partial charge in [-0.3, -0.25) is 9.69 Å². The largest absolute Gasteiger partial charge is 0.453 e. The summed E-state index contributed by atoms with van der Waals surface area (Å²) in [6, 6.07) is -0.539. The molecule has 2 N–H and O–H groups in total. The molecule has 2 amide bonds. The van der Waals surface area contributed by atoms with Gasteiger partial charge < -0.3 is 15.4 Å². The maximum atomic E-state index is 12.7. The first-order chi connectivity index (χ1) is 12.0. The number of hydrogen-bond donors (Lipinski definition) is 2. The van der Waals surface area contributed by atoms with Crippen LogP contribution in [-0.2, 0) is 9.53 Å². The molecule has 0 aromatic carbocycles. The van der Waals surface area contributed by atoms with E-state index in [1.165, 1.54) is 31.5 Å². The molecule has 0 aromatic rings. The second-order valence-electron chi connectivity index (χ2n) is 7.57. The van der Waals surface area contributed by atoms with Crippen molar-refractivity contribution < 1.29 is 14.3 Å². The summed E-state index contributed by atoms with van der Waals surface area (Å²) in [4.78, 5) is 26.8. The van der Waals surface area contributed by atoms with Gasteiger partial charge in [-0.1, -0.05) is 26.7 Å². The smallest absolute Gasteiger partial charge is 0.407 e. The van der Waals surface area contributed by atoms with Crippen molar-refractivity contribution in [3.63, 3.8) is 0 Å².